The van der Waals surface area contributed by atoms with Crippen molar-refractivity contribution < 1.29 is 9.90 Å². The molecular weight excluding hydrogens is 222 g/mol. The van der Waals surface area contributed by atoms with Crippen molar-refractivity contribution in [2.45, 2.75) is 12.8 Å². The van der Waals surface area contributed by atoms with Crippen molar-refractivity contribution >= 4 is 5.97 Å². The van der Waals surface area contributed by atoms with Crippen LogP contribution in [0.15, 0.2) is 29.1 Å². The average Bonchev–Trinajstić information content (AvgIpc) is 2.74. The molecule has 1 heterocycles. The van der Waals surface area contributed by atoms with Crippen LogP contribution in [0.2, 0.25) is 0 Å². The summed E-state index contributed by atoms with van der Waals surface area (Å²) < 4.78 is 0. The molecule has 2 rings (SSSR count). The topological polar surface area (TPSA) is 98.8 Å². The maximum absolute atomic E-state index is 10.9. The highest BCUT2D eigenvalue weighted by molar-refractivity contribution is 5.67. The maximum atomic E-state index is 10.9. The number of rotatable bonds is 4. The van der Waals surface area contributed by atoms with Crippen LogP contribution < -0.4 is 5.69 Å². The highest BCUT2D eigenvalue weighted by Gasteiger charge is 2.03. The number of aromatic nitrogens is 3. The van der Waals surface area contributed by atoms with Gasteiger partial charge in [-0.1, -0.05) is 24.3 Å². The Bertz CT molecular complexity index is 568. The highest BCUT2D eigenvalue weighted by atomic mass is 16.4. The van der Waals surface area contributed by atoms with E-state index in [4.69, 9.17) is 5.11 Å². The van der Waals surface area contributed by atoms with Crippen LogP contribution in [0.3, 0.4) is 0 Å². The van der Waals surface area contributed by atoms with E-state index >= 15 is 0 Å². The van der Waals surface area contributed by atoms with Crippen LogP contribution in [0, 0.1) is 0 Å². The summed E-state index contributed by atoms with van der Waals surface area (Å²) in [6.45, 7) is 0. The zero-order chi connectivity index (χ0) is 12.3. The minimum absolute atomic E-state index is 0.110. The van der Waals surface area contributed by atoms with E-state index < -0.39 is 5.97 Å². The summed E-state index contributed by atoms with van der Waals surface area (Å²) in [4.78, 5) is 23.8. The zero-order valence-corrected chi connectivity index (χ0v) is 8.93. The van der Waals surface area contributed by atoms with Gasteiger partial charge in [-0.25, -0.2) is 9.89 Å². The Labute approximate surface area is 96.3 Å². The van der Waals surface area contributed by atoms with E-state index in [0.717, 1.165) is 11.1 Å². The Morgan fingerprint density at radius 2 is 2.00 bits per heavy atom. The number of carbonyl (C=O) groups is 1. The molecule has 0 saturated heterocycles. The lowest BCUT2D eigenvalue weighted by atomic mass is 10.1. The average molecular weight is 233 g/mol. The maximum Gasteiger partial charge on any atom is 0.340 e. The van der Waals surface area contributed by atoms with Crippen LogP contribution >= 0.6 is 0 Å². The van der Waals surface area contributed by atoms with Gasteiger partial charge in [0.05, 0.1) is 0 Å². The molecule has 0 spiro atoms. The van der Waals surface area contributed by atoms with E-state index in [9.17, 15) is 9.59 Å². The van der Waals surface area contributed by atoms with Gasteiger partial charge in [0.25, 0.3) is 0 Å². The fourth-order valence-electron chi connectivity index (χ4n) is 1.49. The number of carboxylic acid groups (broad SMARTS) is 1. The van der Waals surface area contributed by atoms with E-state index in [2.05, 4.69) is 15.2 Å². The van der Waals surface area contributed by atoms with Crippen molar-refractivity contribution in [1.29, 1.82) is 0 Å². The Morgan fingerprint density at radius 3 is 2.53 bits per heavy atom. The van der Waals surface area contributed by atoms with Gasteiger partial charge in [0, 0.05) is 12.0 Å². The largest absolute Gasteiger partial charge is 0.481 e. The fourth-order valence-corrected chi connectivity index (χ4v) is 1.49. The predicted molar refractivity (Wildman–Crippen MR) is 60.6 cm³/mol. The molecule has 3 N–H and O–H groups in total. The molecule has 0 fully saturated rings. The van der Waals surface area contributed by atoms with Crippen LogP contribution in [0.1, 0.15) is 12.0 Å². The lowest BCUT2D eigenvalue weighted by Crippen LogP contribution is -2.00. The van der Waals surface area contributed by atoms with Crippen molar-refractivity contribution in [1.82, 2.24) is 15.2 Å². The number of aryl methyl sites for hydroxylation is 1. The number of hydrogen-bond acceptors (Lipinski definition) is 3. The first-order valence-corrected chi connectivity index (χ1v) is 5.11. The number of hydrogen-bond donors (Lipinski definition) is 3. The fraction of sp³-hybridized carbons (Fsp3) is 0.182. The van der Waals surface area contributed by atoms with Gasteiger partial charge in [-0.15, -0.1) is 0 Å². The number of H-pyrrole nitrogens is 2. The Balaban J connectivity index is 2.13. The molecule has 17 heavy (non-hydrogen) atoms. The number of nitrogens with zero attached hydrogens (tertiary/aromatic N) is 1. The molecule has 2 aromatic rings. The van der Waals surface area contributed by atoms with Gasteiger partial charge in [0.1, 0.15) is 0 Å². The second kappa shape index (κ2) is 4.65. The van der Waals surface area contributed by atoms with Crippen LogP contribution in [-0.2, 0) is 11.2 Å². The number of carboxylic acids is 1. The van der Waals surface area contributed by atoms with Crippen molar-refractivity contribution in [3.05, 3.63) is 40.3 Å². The smallest absolute Gasteiger partial charge is 0.340 e. The van der Waals surface area contributed by atoms with E-state index in [1.807, 2.05) is 12.1 Å². The number of nitrogens with one attached hydrogen (secondary N) is 2. The molecule has 6 heteroatoms. The SMILES string of the molecule is O=C(O)CCc1ccc(-c2n[nH]c(=O)[nH]2)cc1. The molecule has 0 saturated carbocycles. The zero-order valence-electron chi connectivity index (χ0n) is 8.93. The first-order valence-electron chi connectivity index (χ1n) is 5.11. The Morgan fingerprint density at radius 1 is 1.29 bits per heavy atom. The third-order valence-electron chi connectivity index (χ3n) is 2.36. The highest BCUT2D eigenvalue weighted by Crippen LogP contribution is 2.14. The summed E-state index contributed by atoms with van der Waals surface area (Å²) in [5.41, 5.74) is 1.37. The van der Waals surface area contributed by atoms with Crippen LogP contribution in [0.25, 0.3) is 11.4 Å². The molecule has 0 bridgehead atoms. The first-order chi connectivity index (χ1) is 8.15. The van der Waals surface area contributed by atoms with E-state index in [1.165, 1.54) is 0 Å². The predicted octanol–water partition coefficient (Wildman–Crippen LogP) is 0.782. The van der Waals surface area contributed by atoms with Gasteiger partial charge in [-0.3, -0.25) is 9.78 Å². The van der Waals surface area contributed by atoms with Crippen LogP contribution in [0.5, 0.6) is 0 Å². The monoisotopic (exact) mass is 233 g/mol. The summed E-state index contributed by atoms with van der Waals surface area (Å²) in [7, 11) is 0. The van der Waals surface area contributed by atoms with Gasteiger partial charge < -0.3 is 5.11 Å². The molecular formula is C11H11N3O3. The minimum atomic E-state index is -0.814. The van der Waals surface area contributed by atoms with Gasteiger partial charge in [0.2, 0.25) is 0 Å². The van der Waals surface area contributed by atoms with Gasteiger partial charge in [-0.2, -0.15) is 5.10 Å². The lowest BCUT2D eigenvalue weighted by molar-refractivity contribution is -0.136. The second-order valence-electron chi connectivity index (χ2n) is 3.62. The molecule has 0 aliphatic carbocycles. The molecule has 0 radical (unpaired) electrons. The molecule has 0 unspecified atom stereocenters. The molecule has 1 aromatic heterocycles. The molecule has 6 nitrogen and oxygen atoms in total. The third kappa shape index (κ3) is 2.81. The molecule has 88 valence electrons. The number of benzene rings is 1. The molecule has 0 atom stereocenters. The molecule has 1 aromatic carbocycles. The number of aliphatic carboxylic acids is 1. The van der Waals surface area contributed by atoms with Crippen LogP contribution in [-0.4, -0.2) is 26.3 Å². The molecule has 0 amide bonds. The summed E-state index contributed by atoms with van der Waals surface area (Å²) in [5, 5.41) is 14.6. The second-order valence-corrected chi connectivity index (χ2v) is 3.62. The lowest BCUT2D eigenvalue weighted by Gasteiger charge is -2.00. The number of aromatic amines is 2. The standard InChI is InChI=1S/C11H11N3O3/c15-9(16)6-3-7-1-4-8(5-2-7)10-12-11(17)14-13-10/h1-2,4-5H,3,6H2,(H,15,16)(H2,12,13,14,17). The normalized spacial score (nSPS) is 10.4. The van der Waals surface area contributed by atoms with Crippen molar-refractivity contribution in [3.63, 3.8) is 0 Å². The van der Waals surface area contributed by atoms with E-state index in [0.29, 0.717) is 12.2 Å². The van der Waals surface area contributed by atoms with Gasteiger partial charge in [-0.05, 0) is 12.0 Å². The van der Waals surface area contributed by atoms with Gasteiger partial charge >= 0.3 is 11.7 Å². The van der Waals surface area contributed by atoms with Crippen molar-refractivity contribution in [2.24, 2.45) is 0 Å². The van der Waals surface area contributed by atoms with Crippen LogP contribution in [0.4, 0.5) is 0 Å². The molecule has 0 aliphatic rings. The Kier molecular flexibility index (Phi) is 3.04. The van der Waals surface area contributed by atoms with Crippen molar-refractivity contribution in [3.8, 4) is 11.4 Å². The van der Waals surface area contributed by atoms with Crippen molar-refractivity contribution in [2.75, 3.05) is 0 Å². The summed E-state index contributed by atoms with van der Waals surface area (Å²) in [6, 6.07) is 7.24. The Hall–Kier alpha value is -2.37. The summed E-state index contributed by atoms with van der Waals surface area (Å²) in [5.74, 6) is -0.342. The van der Waals surface area contributed by atoms with E-state index in [1.54, 1.807) is 12.1 Å². The first kappa shape index (κ1) is 11.1. The minimum Gasteiger partial charge on any atom is -0.481 e. The van der Waals surface area contributed by atoms with E-state index in [-0.39, 0.29) is 12.1 Å². The van der Waals surface area contributed by atoms with Gasteiger partial charge in [0.15, 0.2) is 5.82 Å². The summed E-state index contributed by atoms with van der Waals surface area (Å²) in [6.07, 6.45) is 0.602. The third-order valence-corrected chi connectivity index (χ3v) is 2.36. The quantitative estimate of drug-likeness (QED) is 0.726. The summed E-state index contributed by atoms with van der Waals surface area (Å²) >= 11 is 0. The molecule has 0 aliphatic heterocycles.